The molecule has 0 unspecified atom stereocenters. The molecule has 1 N–H and O–H groups in total. The fourth-order valence-electron chi connectivity index (χ4n) is 2.47. The first kappa shape index (κ1) is 16.9. The number of ether oxygens (including phenoxy) is 1. The van der Waals surface area contributed by atoms with Gasteiger partial charge in [0, 0.05) is 26.2 Å². The molecule has 1 atom stereocenters. The van der Waals surface area contributed by atoms with E-state index in [0.717, 1.165) is 45.2 Å². The molecule has 1 fully saturated rings. The van der Waals surface area contributed by atoms with E-state index in [0.29, 0.717) is 19.2 Å². The van der Waals surface area contributed by atoms with Gasteiger partial charge in [-0.1, -0.05) is 19.8 Å². The van der Waals surface area contributed by atoms with Crippen LogP contribution in [0.2, 0.25) is 0 Å². The predicted octanol–water partition coefficient (Wildman–Crippen LogP) is 1.21. The molecule has 114 valence electrons. The molecule has 0 aliphatic carbocycles. The van der Waals surface area contributed by atoms with Crippen molar-refractivity contribution in [1.82, 2.24) is 9.62 Å². The maximum atomic E-state index is 11.8. The van der Waals surface area contributed by atoms with Crippen molar-refractivity contribution >= 4 is 10.0 Å². The summed E-state index contributed by atoms with van der Waals surface area (Å²) in [6, 6.07) is 0.330. The average Bonchev–Trinajstić information content (AvgIpc) is 2.82. The average molecular weight is 292 g/mol. The van der Waals surface area contributed by atoms with Crippen molar-refractivity contribution in [3.05, 3.63) is 0 Å². The van der Waals surface area contributed by atoms with Gasteiger partial charge in [0.1, 0.15) is 0 Å². The molecule has 0 aromatic rings. The molecule has 0 amide bonds. The summed E-state index contributed by atoms with van der Waals surface area (Å²) in [4.78, 5) is 2.32. The van der Waals surface area contributed by atoms with Crippen molar-refractivity contribution < 1.29 is 13.2 Å². The lowest BCUT2D eigenvalue weighted by atomic mass is 10.2. The smallest absolute Gasteiger partial charge is 0.211 e. The Morgan fingerprint density at radius 2 is 2.16 bits per heavy atom. The van der Waals surface area contributed by atoms with Crippen LogP contribution in [0.1, 0.15) is 39.0 Å². The van der Waals surface area contributed by atoms with Gasteiger partial charge in [0.25, 0.3) is 0 Å². The van der Waals surface area contributed by atoms with Crippen LogP contribution >= 0.6 is 0 Å². The molecule has 1 rings (SSSR count). The SMILES string of the molecule is CCCCCS(=O)(=O)NC[C@@H]1CCCN1CCOC. The zero-order valence-corrected chi connectivity index (χ0v) is 13.0. The summed E-state index contributed by atoms with van der Waals surface area (Å²) >= 11 is 0. The van der Waals surface area contributed by atoms with E-state index in [9.17, 15) is 8.42 Å². The molecule has 1 aliphatic rings. The van der Waals surface area contributed by atoms with E-state index in [2.05, 4.69) is 16.5 Å². The van der Waals surface area contributed by atoms with Gasteiger partial charge in [0.15, 0.2) is 0 Å². The van der Waals surface area contributed by atoms with E-state index in [4.69, 9.17) is 4.74 Å². The third-order valence-electron chi connectivity index (χ3n) is 3.64. The minimum Gasteiger partial charge on any atom is -0.383 e. The zero-order valence-electron chi connectivity index (χ0n) is 12.2. The summed E-state index contributed by atoms with van der Waals surface area (Å²) in [5.74, 6) is 0.256. The minimum absolute atomic E-state index is 0.256. The number of nitrogens with one attached hydrogen (secondary N) is 1. The molecular weight excluding hydrogens is 264 g/mol. The Hall–Kier alpha value is -0.170. The maximum absolute atomic E-state index is 11.8. The first-order valence-corrected chi connectivity index (χ1v) is 8.94. The van der Waals surface area contributed by atoms with E-state index in [1.165, 1.54) is 0 Å². The van der Waals surface area contributed by atoms with Crippen LogP contribution in [0.15, 0.2) is 0 Å². The second-order valence-corrected chi connectivity index (χ2v) is 7.13. The monoisotopic (exact) mass is 292 g/mol. The van der Waals surface area contributed by atoms with Gasteiger partial charge in [-0.05, 0) is 25.8 Å². The molecule has 0 spiro atoms. The number of hydrogen-bond acceptors (Lipinski definition) is 4. The number of sulfonamides is 1. The number of unbranched alkanes of at least 4 members (excludes halogenated alkanes) is 2. The lowest BCUT2D eigenvalue weighted by molar-refractivity contribution is 0.141. The Morgan fingerprint density at radius 1 is 1.37 bits per heavy atom. The highest BCUT2D eigenvalue weighted by atomic mass is 32.2. The molecule has 1 saturated heterocycles. The van der Waals surface area contributed by atoms with Crippen LogP contribution in [-0.2, 0) is 14.8 Å². The largest absolute Gasteiger partial charge is 0.383 e. The Labute approximate surface area is 117 Å². The number of rotatable bonds is 10. The van der Waals surface area contributed by atoms with Crippen LogP contribution in [0.3, 0.4) is 0 Å². The number of likely N-dealkylation sites (tertiary alicyclic amines) is 1. The van der Waals surface area contributed by atoms with Gasteiger partial charge in [-0.15, -0.1) is 0 Å². The van der Waals surface area contributed by atoms with Crippen molar-refractivity contribution in [2.45, 2.75) is 45.1 Å². The Morgan fingerprint density at radius 3 is 2.84 bits per heavy atom. The fraction of sp³-hybridized carbons (Fsp3) is 1.00. The third kappa shape index (κ3) is 6.70. The maximum Gasteiger partial charge on any atom is 0.211 e. The van der Waals surface area contributed by atoms with Gasteiger partial charge in [-0.3, -0.25) is 4.90 Å². The summed E-state index contributed by atoms with van der Waals surface area (Å²) < 4.78 is 31.5. The normalized spacial score (nSPS) is 21.1. The Balaban J connectivity index is 2.29. The highest BCUT2D eigenvalue weighted by molar-refractivity contribution is 7.89. The van der Waals surface area contributed by atoms with Crippen LogP contribution in [-0.4, -0.2) is 58.5 Å². The molecule has 0 bridgehead atoms. The number of hydrogen-bond donors (Lipinski definition) is 1. The van der Waals surface area contributed by atoms with Crippen molar-refractivity contribution in [3.8, 4) is 0 Å². The van der Waals surface area contributed by atoms with Crippen molar-refractivity contribution in [1.29, 1.82) is 0 Å². The number of methoxy groups -OCH3 is 1. The first-order valence-electron chi connectivity index (χ1n) is 7.29. The van der Waals surface area contributed by atoms with Gasteiger partial charge < -0.3 is 4.74 Å². The van der Waals surface area contributed by atoms with Crippen LogP contribution in [0.5, 0.6) is 0 Å². The van der Waals surface area contributed by atoms with Crippen LogP contribution in [0, 0.1) is 0 Å². The lowest BCUT2D eigenvalue weighted by Gasteiger charge is -2.24. The second kappa shape index (κ2) is 8.89. The van der Waals surface area contributed by atoms with Crippen LogP contribution in [0.25, 0.3) is 0 Å². The summed E-state index contributed by atoms with van der Waals surface area (Å²) in [5.41, 5.74) is 0. The van der Waals surface area contributed by atoms with Crippen LogP contribution < -0.4 is 4.72 Å². The van der Waals surface area contributed by atoms with Gasteiger partial charge in [-0.2, -0.15) is 0 Å². The molecule has 6 heteroatoms. The quantitative estimate of drug-likeness (QED) is 0.615. The topological polar surface area (TPSA) is 58.6 Å². The number of nitrogens with zero attached hydrogens (tertiary/aromatic N) is 1. The van der Waals surface area contributed by atoms with Crippen LogP contribution in [0.4, 0.5) is 0 Å². The molecule has 0 radical (unpaired) electrons. The standard InChI is InChI=1S/C13H28N2O3S/c1-3-4-5-11-19(16,17)14-12-13-7-6-8-15(13)9-10-18-2/h13-14H,3-12H2,1-2H3/t13-/m0/s1. The summed E-state index contributed by atoms with van der Waals surface area (Å²) in [6.07, 6.45) is 4.99. The van der Waals surface area contributed by atoms with E-state index >= 15 is 0 Å². The zero-order chi connectivity index (χ0) is 14.1. The molecule has 5 nitrogen and oxygen atoms in total. The van der Waals surface area contributed by atoms with Crippen molar-refractivity contribution in [2.75, 3.05) is 39.1 Å². The lowest BCUT2D eigenvalue weighted by Crippen LogP contribution is -2.42. The second-order valence-electron chi connectivity index (χ2n) is 5.20. The molecule has 0 aromatic carbocycles. The van der Waals surface area contributed by atoms with Gasteiger partial charge in [0.05, 0.1) is 12.4 Å². The van der Waals surface area contributed by atoms with E-state index in [-0.39, 0.29) is 5.75 Å². The fourth-order valence-corrected chi connectivity index (χ4v) is 3.64. The van der Waals surface area contributed by atoms with Gasteiger partial charge in [-0.25, -0.2) is 13.1 Å². The molecule has 0 aromatic heterocycles. The molecule has 1 aliphatic heterocycles. The van der Waals surface area contributed by atoms with Crippen molar-refractivity contribution in [2.24, 2.45) is 0 Å². The summed E-state index contributed by atoms with van der Waals surface area (Å²) in [6.45, 7) is 5.26. The summed E-state index contributed by atoms with van der Waals surface area (Å²) in [7, 11) is -1.40. The Bertz CT molecular complexity index is 333. The third-order valence-corrected chi connectivity index (χ3v) is 5.07. The highest BCUT2D eigenvalue weighted by Crippen LogP contribution is 2.16. The van der Waals surface area contributed by atoms with E-state index in [1.54, 1.807) is 7.11 Å². The molecular formula is C13H28N2O3S. The summed E-state index contributed by atoms with van der Waals surface area (Å²) in [5, 5.41) is 0. The van der Waals surface area contributed by atoms with Crippen molar-refractivity contribution in [3.63, 3.8) is 0 Å². The van der Waals surface area contributed by atoms with E-state index < -0.39 is 10.0 Å². The van der Waals surface area contributed by atoms with Gasteiger partial charge >= 0.3 is 0 Å². The molecule has 0 saturated carbocycles. The minimum atomic E-state index is -3.09. The Kier molecular flexibility index (Phi) is 7.90. The van der Waals surface area contributed by atoms with Gasteiger partial charge in [0.2, 0.25) is 10.0 Å². The van der Waals surface area contributed by atoms with E-state index in [1.807, 2.05) is 0 Å². The predicted molar refractivity (Wildman–Crippen MR) is 77.8 cm³/mol. The molecule has 19 heavy (non-hydrogen) atoms. The first-order chi connectivity index (χ1) is 9.09. The molecule has 1 heterocycles. The highest BCUT2D eigenvalue weighted by Gasteiger charge is 2.25.